The van der Waals surface area contributed by atoms with Gasteiger partial charge in [0.25, 0.3) is 6.29 Å². The van der Waals surface area contributed by atoms with E-state index in [1.165, 1.54) is 10.3 Å². The fraction of sp³-hybridized carbons (Fsp3) is 0.462. The lowest BCUT2D eigenvalue weighted by Gasteiger charge is -2.16. The highest BCUT2D eigenvalue weighted by molar-refractivity contribution is 7.11. The number of hydrogen-bond acceptors (Lipinski definition) is 5. The van der Waals surface area contributed by atoms with Gasteiger partial charge in [0.05, 0.1) is 10.4 Å². The minimum absolute atomic E-state index is 0.0826. The van der Waals surface area contributed by atoms with Crippen molar-refractivity contribution in [1.29, 1.82) is 0 Å². The Bertz CT molecular complexity index is 577. The Kier molecular flexibility index (Phi) is 4.29. The molecule has 0 radical (unpaired) electrons. The van der Waals surface area contributed by atoms with Gasteiger partial charge in [0.2, 0.25) is 11.7 Å². The quantitative estimate of drug-likeness (QED) is 0.855. The summed E-state index contributed by atoms with van der Waals surface area (Å²) in [6, 6.07) is 0.960. The normalized spacial score (nSPS) is 19.1. The highest BCUT2D eigenvalue weighted by atomic mass is 32.1. The molecule has 0 fully saturated rings. The molecule has 0 aliphatic carbocycles. The van der Waals surface area contributed by atoms with Gasteiger partial charge in [0, 0.05) is 20.7 Å². The van der Waals surface area contributed by atoms with E-state index in [9.17, 15) is 18.0 Å². The van der Waals surface area contributed by atoms with Crippen molar-refractivity contribution < 1.29 is 27.4 Å². The summed E-state index contributed by atoms with van der Waals surface area (Å²) in [6.07, 6.45) is -5.71. The molecule has 1 atom stereocenters. The summed E-state index contributed by atoms with van der Waals surface area (Å²) < 4.78 is 49.6. The molecule has 8 heteroatoms. The van der Waals surface area contributed by atoms with E-state index in [4.69, 9.17) is 9.47 Å². The van der Waals surface area contributed by atoms with E-state index >= 15 is 0 Å². The molecule has 1 aromatic heterocycles. The zero-order valence-electron chi connectivity index (χ0n) is 11.7. The maximum absolute atomic E-state index is 13.0. The van der Waals surface area contributed by atoms with Crippen LogP contribution in [0.15, 0.2) is 17.3 Å². The summed E-state index contributed by atoms with van der Waals surface area (Å²) in [4.78, 5) is 13.6. The van der Waals surface area contributed by atoms with Gasteiger partial charge in [-0.15, -0.1) is 11.3 Å². The summed E-state index contributed by atoms with van der Waals surface area (Å²) in [5, 5.41) is 1.31. The largest absolute Gasteiger partial charge is 0.441 e. The van der Waals surface area contributed by atoms with Crippen LogP contribution in [0.2, 0.25) is 0 Å². The smallest absolute Gasteiger partial charge is 0.417 e. The lowest BCUT2D eigenvalue weighted by molar-refractivity contribution is -0.150. The number of rotatable bonds is 4. The van der Waals surface area contributed by atoms with Crippen molar-refractivity contribution in [3.05, 3.63) is 27.8 Å². The van der Waals surface area contributed by atoms with Crippen LogP contribution in [-0.2, 0) is 20.4 Å². The first kappa shape index (κ1) is 15.8. The minimum Gasteiger partial charge on any atom is -0.441 e. The Balaban J connectivity index is 2.51. The molecule has 2 rings (SSSR count). The Hall–Kier alpha value is -1.54. The number of carbonyl (C=O) groups excluding carboxylic acids is 1. The van der Waals surface area contributed by atoms with E-state index < -0.39 is 23.8 Å². The maximum Gasteiger partial charge on any atom is 0.417 e. The molecule has 4 nitrogen and oxygen atoms in total. The van der Waals surface area contributed by atoms with E-state index in [1.807, 2.05) is 0 Å². The van der Waals surface area contributed by atoms with Crippen LogP contribution in [0.4, 0.5) is 13.2 Å². The van der Waals surface area contributed by atoms with E-state index in [0.29, 0.717) is 0 Å². The lowest BCUT2D eigenvalue weighted by Crippen LogP contribution is -2.22. The van der Waals surface area contributed by atoms with Gasteiger partial charge in [-0.25, -0.2) is 0 Å². The Morgan fingerprint density at radius 1 is 1.43 bits per heavy atom. The molecule has 21 heavy (non-hydrogen) atoms. The third-order valence-corrected chi connectivity index (χ3v) is 3.75. The summed E-state index contributed by atoms with van der Waals surface area (Å²) in [5.41, 5.74) is -0.920. The highest BCUT2D eigenvalue weighted by Crippen LogP contribution is 2.42. The van der Waals surface area contributed by atoms with E-state index in [0.717, 1.165) is 17.4 Å². The molecule has 1 aliphatic rings. The standard InChI is InChI=1S/C13H14F3NO3S/c1-4-19-12-9(18)8(11(20-12)17(2)3)10-7(5-6-21-10)13(14,15)16/h5-6,12H,4H2,1-3H3. The number of hydrogen-bond donors (Lipinski definition) is 0. The minimum atomic E-state index is -4.52. The number of thiophene rings is 1. The maximum atomic E-state index is 13.0. The molecule has 0 spiro atoms. The summed E-state index contributed by atoms with van der Waals surface area (Å²) >= 11 is 0.858. The lowest BCUT2D eigenvalue weighted by atomic mass is 10.1. The van der Waals surface area contributed by atoms with Gasteiger partial charge in [-0.1, -0.05) is 0 Å². The molecule has 0 saturated carbocycles. The van der Waals surface area contributed by atoms with Crippen molar-refractivity contribution in [3.8, 4) is 0 Å². The Morgan fingerprint density at radius 3 is 2.62 bits per heavy atom. The van der Waals surface area contributed by atoms with Crippen molar-refractivity contribution in [2.45, 2.75) is 19.4 Å². The number of ether oxygens (including phenoxy) is 2. The van der Waals surface area contributed by atoms with E-state index in [-0.39, 0.29) is 22.9 Å². The molecular formula is C13H14F3NO3S. The average molecular weight is 321 g/mol. The van der Waals surface area contributed by atoms with Crippen LogP contribution < -0.4 is 0 Å². The zero-order valence-corrected chi connectivity index (χ0v) is 12.5. The van der Waals surface area contributed by atoms with Crippen molar-refractivity contribution in [1.82, 2.24) is 4.90 Å². The first-order chi connectivity index (χ1) is 9.77. The summed E-state index contributed by atoms with van der Waals surface area (Å²) in [6.45, 7) is 1.90. The number of alkyl halides is 3. The van der Waals surface area contributed by atoms with Crippen LogP contribution in [0.5, 0.6) is 0 Å². The average Bonchev–Trinajstić information content (AvgIpc) is 2.94. The molecule has 0 N–H and O–H groups in total. The summed E-state index contributed by atoms with van der Waals surface area (Å²) in [7, 11) is 3.19. The molecule has 1 unspecified atom stereocenters. The molecule has 0 saturated heterocycles. The van der Waals surface area contributed by atoms with E-state index in [1.54, 1.807) is 21.0 Å². The van der Waals surface area contributed by atoms with Crippen molar-refractivity contribution in [2.24, 2.45) is 0 Å². The van der Waals surface area contributed by atoms with Crippen molar-refractivity contribution >= 4 is 22.7 Å². The van der Waals surface area contributed by atoms with Crippen LogP contribution in [0.25, 0.3) is 5.57 Å². The molecule has 0 amide bonds. The number of carbonyl (C=O) groups is 1. The predicted octanol–water partition coefficient (Wildman–Crippen LogP) is 2.96. The Morgan fingerprint density at radius 2 is 2.10 bits per heavy atom. The molecule has 2 heterocycles. The van der Waals surface area contributed by atoms with Crippen molar-refractivity contribution in [2.75, 3.05) is 20.7 Å². The van der Waals surface area contributed by atoms with Gasteiger partial charge in [-0.2, -0.15) is 13.2 Å². The van der Waals surface area contributed by atoms with E-state index in [2.05, 4.69) is 0 Å². The molecule has 1 aliphatic heterocycles. The second-order valence-corrected chi connectivity index (χ2v) is 5.42. The number of Topliss-reactive ketones (excluding diaryl/α,β-unsaturated/α-hetero) is 1. The summed E-state index contributed by atoms with van der Waals surface area (Å²) in [5.74, 6) is -0.500. The van der Waals surface area contributed by atoms with Gasteiger partial charge in [0.1, 0.15) is 5.57 Å². The predicted molar refractivity (Wildman–Crippen MR) is 71.4 cm³/mol. The van der Waals surface area contributed by atoms with Crippen LogP contribution in [0.1, 0.15) is 17.4 Å². The first-order valence-electron chi connectivity index (χ1n) is 6.16. The Labute approximate surface area is 123 Å². The third kappa shape index (κ3) is 2.91. The SMILES string of the molecule is CCOC1OC(N(C)C)=C(c2sccc2C(F)(F)F)C1=O. The van der Waals surface area contributed by atoms with Gasteiger partial charge in [-0.05, 0) is 18.4 Å². The van der Waals surface area contributed by atoms with Crippen molar-refractivity contribution in [3.63, 3.8) is 0 Å². The first-order valence-corrected chi connectivity index (χ1v) is 7.04. The second kappa shape index (κ2) is 5.69. The number of halogens is 3. The number of ketones is 1. The topological polar surface area (TPSA) is 38.8 Å². The zero-order chi connectivity index (χ0) is 15.8. The monoisotopic (exact) mass is 321 g/mol. The molecule has 0 bridgehead atoms. The second-order valence-electron chi connectivity index (χ2n) is 4.51. The van der Waals surface area contributed by atoms with Crippen LogP contribution in [0.3, 0.4) is 0 Å². The van der Waals surface area contributed by atoms with Gasteiger partial charge >= 0.3 is 6.18 Å². The third-order valence-electron chi connectivity index (χ3n) is 2.81. The molecule has 1 aromatic rings. The van der Waals surface area contributed by atoms with Gasteiger partial charge in [-0.3, -0.25) is 4.79 Å². The molecule has 0 aromatic carbocycles. The van der Waals surface area contributed by atoms with Gasteiger partial charge in [0.15, 0.2) is 0 Å². The molecular weight excluding hydrogens is 307 g/mol. The fourth-order valence-electron chi connectivity index (χ4n) is 1.96. The fourth-order valence-corrected chi connectivity index (χ4v) is 2.92. The highest BCUT2D eigenvalue weighted by Gasteiger charge is 2.43. The van der Waals surface area contributed by atoms with Gasteiger partial charge < -0.3 is 14.4 Å². The molecule has 116 valence electrons. The van der Waals surface area contributed by atoms with Crippen LogP contribution in [0, 0.1) is 0 Å². The van der Waals surface area contributed by atoms with Crippen LogP contribution >= 0.6 is 11.3 Å². The van der Waals surface area contributed by atoms with Crippen LogP contribution in [-0.4, -0.2) is 37.7 Å². The number of nitrogens with zero attached hydrogens (tertiary/aromatic N) is 1.